The van der Waals surface area contributed by atoms with E-state index in [0.717, 1.165) is 0 Å². The van der Waals surface area contributed by atoms with E-state index in [1.54, 1.807) is 6.92 Å². The summed E-state index contributed by atoms with van der Waals surface area (Å²) >= 11 is 0. The first-order valence-corrected chi connectivity index (χ1v) is 8.69. The summed E-state index contributed by atoms with van der Waals surface area (Å²) in [6, 6.07) is 2.69. The van der Waals surface area contributed by atoms with Gasteiger partial charge in [-0.3, -0.25) is 14.4 Å². The van der Waals surface area contributed by atoms with Crippen LogP contribution in [0.3, 0.4) is 0 Å². The quantitative estimate of drug-likeness (QED) is 0.401. The summed E-state index contributed by atoms with van der Waals surface area (Å²) in [6.07, 6.45) is -3.33. The number of halogens is 1. The Hall–Kier alpha value is -2.77. The minimum atomic E-state index is -2.14. The molecule has 27 heavy (non-hydrogen) atoms. The molecular formula is C19H22FNO6. The van der Waals surface area contributed by atoms with Gasteiger partial charge in [0.2, 0.25) is 11.6 Å². The number of phenols is 1. The lowest BCUT2D eigenvalue weighted by Crippen LogP contribution is -2.34. The zero-order valence-corrected chi connectivity index (χ0v) is 15.2. The molecule has 3 atom stereocenters. The number of alkyl halides is 1. The SMILES string of the molecule is C[C@@H]1CC(F)C(=O)C(=O)C(=O)CCCc2cc(N)cc(O)c2C(=O)O[C@H]1C. The fourth-order valence-corrected chi connectivity index (χ4v) is 2.94. The molecule has 7 nitrogen and oxygen atoms in total. The molecule has 1 aromatic rings. The topological polar surface area (TPSA) is 124 Å². The second-order valence-corrected chi connectivity index (χ2v) is 6.84. The van der Waals surface area contributed by atoms with Gasteiger partial charge in [-0.1, -0.05) is 6.92 Å². The third-order valence-electron chi connectivity index (χ3n) is 4.71. The predicted molar refractivity (Wildman–Crippen MR) is 94.0 cm³/mol. The number of fused-ring (bicyclic) bond motifs is 1. The maximum atomic E-state index is 14.1. The molecule has 146 valence electrons. The van der Waals surface area contributed by atoms with Gasteiger partial charge < -0.3 is 15.6 Å². The Bertz CT molecular complexity index is 791. The molecule has 0 saturated carbocycles. The molecule has 0 amide bonds. The van der Waals surface area contributed by atoms with Crippen LogP contribution in [0.25, 0.3) is 0 Å². The first kappa shape index (κ1) is 20.5. The van der Waals surface area contributed by atoms with Gasteiger partial charge in [0.1, 0.15) is 17.4 Å². The van der Waals surface area contributed by atoms with Crippen molar-refractivity contribution < 1.29 is 33.4 Å². The van der Waals surface area contributed by atoms with Gasteiger partial charge in [0.25, 0.3) is 5.78 Å². The lowest BCUT2D eigenvalue weighted by molar-refractivity contribution is -0.146. The van der Waals surface area contributed by atoms with Crippen molar-refractivity contribution in [3.05, 3.63) is 23.3 Å². The van der Waals surface area contributed by atoms with Gasteiger partial charge in [0.15, 0.2) is 6.17 Å². The minimum Gasteiger partial charge on any atom is -0.507 e. The Labute approximate surface area is 155 Å². The van der Waals surface area contributed by atoms with Gasteiger partial charge in [-0.2, -0.15) is 0 Å². The van der Waals surface area contributed by atoms with Gasteiger partial charge in [-0.25, -0.2) is 9.18 Å². The van der Waals surface area contributed by atoms with E-state index in [2.05, 4.69) is 0 Å². The number of phenolic OH excluding ortho intramolecular Hbond substituents is 1. The molecule has 1 aromatic carbocycles. The molecule has 0 aromatic heterocycles. The number of anilines is 1. The highest BCUT2D eigenvalue weighted by atomic mass is 19.1. The first-order chi connectivity index (χ1) is 12.6. The molecule has 0 fully saturated rings. The molecule has 8 heteroatoms. The Morgan fingerprint density at radius 2 is 1.81 bits per heavy atom. The normalized spacial score (nSPS) is 25.5. The van der Waals surface area contributed by atoms with Crippen molar-refractivity contribution in [1.29, 1.82) is 0 Å². The molecule has 0 radical (unpaired) electrons. The Morgan fingerprint density at radius 1 is 1.15 bits per heavy atom. The molecule has 0 aliphatic carbocycles. The Balaban J connectivity index is 2.41. The number of cyclic esters (lactones) is 1. The highest BCUT2D eigenvalue weighted by molar-refractivity contribution is 6.64. The van der Waals surface area contributed by atoms with Crippen LogP contribution in [-0.4, -0.2) is 40.7 Å². The van der Waals surface area contributed by atoms with E-state index < -0.39 is 41.5 Å². The van der Waals surface area contributed by atoms with Crippen molar-refractivity contribution in [3.8, 4) is 5.75 Å². The van der Waals surface area contributed by atoms with Crippen LogP contribution in [-0.2, 0) is 25.5 Å². The first-order valence-electron chi connectivity index (χ1n) is 8.69. The van der Waals surface area contributed by atoms with E-state index in [1.165, 1.54) is 19.1 Å². The number of Topliss-reactive ketones (excluding diaryl/α,β-unsaturated/α-hetero) is 3. The summed E-state index contributed by atoms with van der Waals surface area (Å²) in [5.74, 6) is -5.46. The number of carbonyl (C=O) groups is 4. The number of ketones is 3. The van der Waals surface area contributed by atoms with Gasteiger partial charge in [-0.15, -0.1) is 0 Å². The summed E-state index contributed by atoms with van der Waals surface area (Å²) in [6.45, 7) is 3.08. The molecule has 3 N–H and O–H groups in total. The van der Waals surface area contributed by atoms with E-state index in [4.69, 9.17) is 10.5 Å². The highest BCUT2D eigenvalue weighted by Gasteiger charge is 2.33. The van der Waals surface area contributed by atoms with Crippen molar-refractivity contribution >= 4 is 29.0 Å². The Kier molecular flexibility index (Phi) is 6.30. The second kappa shape index (κ2) is 8.28. The Morgan fingerprint density at radius 3 is 2.48 bits per heavy atom. The molecule has 0 spiro atoms. The van der Waals surface area contributed by atoms with Crippen LogP contribution in [0, 0.1) is 5.92 Å². The van der Waals surface area contributed by atoms with Crippen LogP contribution in [0.15, 0.2) is 12.1 Å². The number of nitrogen functional groups attached to an aromatic ring is 1. The number of rotatable bonds is 0. The standard InChI is InChI=1S/C19H22FNO6/c1-9-6-13(20)17(24)18(25)14(22)5-3-4-11-7-12(21)8-15(23)16(11)19(26)27-10(9)2/h7-10,13,23H,3-6,21H2,1-2H3/t9-,10+,13?/m1/s1. The van der Waals surface area contributed by atoms with Gasteiger partial charge >= 0.3 is 5.97 Å². The average Bonchev–Trinajstić information content (AvgIpc) is 2.58. The summed E-state index contributed by atoms with van der Waals surface area (Å²) in [5, 5.41) is 10.1. The van der Waals surface area contributed by atoms with E-state index in [1.807, 2.05) is 0 Å². The van der Waals surface area contributed by atoms with Crippen LogP contribution in [0.4, 0.5) is 10.1 Å². The monoisotopic (exact) mass is 379 g/mol. The zero-order chi connectivity index (χ0) is 20.3. The van der Waals surface area contributed by atoms with Gasteiger partial charge in [0, 0.05) is 18.2 Å². The van der Waals surface area contributed by atoms with Crippen molar-refractivity contribution in [1.82, 2.24) is 0 Å². The number of benzene rings is 1. The van der Waals surface area contributed by atoms with Crippen molar-refractivity contribution in [2.45, 2.75) is 51.8 Å². The number of hydrogen-bond donors (Lipinski definition) is 2. The number of aryl methyl sites for hydroxylation is 1. The number of ether oxygens (including phenoxy) is 1. The van der Waals surface area contributed by atoms with E-state index in [0.29, 0.717) is 5.56 Å². The lowest BCUT2D eigenvalue weighted by atomic mass is 9.93. The summed E-state index contributed by atoms with van der Waals surface area (Å²) < 4.78 is 19.4. The molecule has 1 aliphatic rings. The molecule has 0 bridgehead atoms. The summed E-state index contributed by atoms with van der Waals surface area (Å²) in [7, 11) is 0. The predicted octanol–water partition coefficient (Wildman–Crippen LogP) is 1.93. The maximum absolute atomic E-state index is 14.1. The van der Waals surface area contributed by atoms with E-state index >= 15 is 0 Å². The number of aromatic hydroxyl groups is 1. The maximum Gasteiger partial charge on any atom is 0.342 e. The van der Waals surface area contributed by atoms with Gasteiger partial charge in [0.05, 0.1) is 0 Å². The molecule has 1 aliphatic heterocycles. The fraction of sp³-hybridized carbons (Fsp3) is 0.474. The van der Waals surface area contributed by atoms with Crippen molar-refractivity contribution in [2.24, 2.45) is 5.92 Å². The minimum absolute atomic E-state index is 0.0769. The summed E-state index contributed by atoms with van der Waals surface area (Å²) in [4.78, 5) is 48.1. The number of carbonyl (C=O) groups excluding carboxylic acids is 4. The second-order valence-electron chi connectivity index (χ2n) is 6.84. The van der Waals surface area contributed by atoms with Crippen LogP contribution in [0.2, 0.25) is 0 Å². The van der Waals surface area contributed by atoms with Crippen LogP contribution in [0.5, 0.6) is 5.75 Å². The molecule has 2 rings (SSSR count). The fourth-order valence-electron chi connectivity index (χ4n) is 2.94. The third-order valence-corrected chi connectivity index (χ3v) is 4.71. The average molecular weight is 379 g/mol. The van der Waals surface area contributed by atoms with Crippen molar-refractivity contribution in [2.75, 3.05) is 5.73 Å². The third kappa shape index (κ3) is 4.69. The number of hydrogen-bond acceptors (Lipinski definition) is 7. The summed E-state index contributed by atoms with van der Waals surface area (Å²) in [5.41, 5.74) is 6.21. The number of esters is 1. The molecule has 1 heterocycles. The van der Waals surface area contributed by atoms with E-state index in [-0.39, 0.29) is 42.7 Å². The van der Waals surface area contributed by atoms with Crippen LogP contribution < -0.4 is 5.73 Å². The lowest BCUT2D eigenvalue weighted by Gasteiger charge is -2.22. The van der Waals surface area contributed by atoms with Crippen molar-refractivity contribution in [3.63, 3.8) is 0 Å². The van der Waals surface area contributed by atoms with Crippen LogP contribution >= 0.6 is 0 Å². The number of nitrogens with two attached hydrogens (primary N) is 1. The zero-order valence-electron chi connectivity index (χ0n) is 15.2. The van der Waals surface area contributed by atoms with Crippen LogP contribution in [0.1, 0.15) is 49.0 Å². The molecular weight excluding hydrogens is 357 g/mol. The van der Waals surface area contributed by atoms with Gasteiger partial charge in [-0.05, 0) is 43.7 Å². The smallest absolute Gasteiger partial charge is 0.342 e. The molecule has 1 unspecified atom stereocenters. The largest absolute Gasteiger partial charge is 0.507 e. The molecule has 0 saturated heterocycles. The highest BCUT2D eigenvalue weighted by Crippen LogP contribution is 2.29. The van der Waals surface area contributed by atoms with E-state index in [9.17, 15) is 28.7 Å².